The monoisotopic (exact) mass is 397 g/mol. The molecule has 4 rings (SSSR count). The molecule has 3 aromatic heterocycles. The molecular weight excluding hydrogens is 370 g/mol. The van der Waals surface area contributed by atoms with Crippen LogP contribution in [0.15, 0.2) is 37.2 Å². The number of aliphatic hydroxyl groups excluding tert-OH is 1. The van der Waals surface area contributed by atoms with Crippen LogP contribution in [0.5, 0.6) is 0 Å². The van der Waals surface area contributed by atoms with Crippen molar-refractivity contribution in [3.8, 4) is 0 Å². The first-order chi connectivity index (χ1) is 14.2. The van der Waals surface area contributed by atoms with Gasteiger partial charge in [0.05, 0.1) is 19.0 Å². The zero-order chi connectivity index (χ0) is 20.2. The van der Waals surface area contributed by atoms with E-state index in [1.807, 2.05) is 16.7 Å². The molecule has 0 bridgehead atoms. The minimum Gasteiger partial charge on any atom is -0.394 e. The number of anilines is 1. The molecule has 154 valence electrons. The third-order valence-corrected chi connectivity index (χ3v) is 5.30. The van der Waals surface area contributed by atoms with E-state index in [0.29, 0.717) is 13.1 Å². The van der Waals surface area contributed by atoms with Crippen LogP contribution in [0.2, 0.25) is 0 Å². The van der Waals surface area contributed by atoms with E-state index in [1.165, 1.54) is 5.56 Å². The second kappa shape index (κ2) is 8.81. The van der Waals surface area contributed by atoms with Gasteiger partial charge in [-0.05, 0) is 31.5 Å². The van der Waals surface area contributed by atoms with Crippen LogP contribution in [0.3, 0.4) is 0 Å². The highest BCUT2D eigenvalue weighted by Gasteiger charge is 2.30. The lowest BCUT2D eigenvalue weighted by Crippen LogP contribution is -2.46. The van der Waals surface area contributed by atoms with E-state index in [4.69, 9.17) is 4.74 Å². The van der Waals surface area contributed by atoms with E-state index < -0.39 is 0 Å². The number of fused-ring (bicyclic) bond motifs is 1. The second-order valence-corrected chi connectivity index (χ2v) is 7.14. The minimum atomic E-state index is -0.285. The van der Waals surface area contributed by atoms with Crippen LogP contribution in [0.1, 0.15) is 25.6 Å². The SMILES string of the molecule is CCN(CC)c1ncnc2c1ncn2[C@H]1CN(Cc2ccncc2)C[C@@H](CO)O1. The summed E-state index contributed by atoms with van der Waals surface area (Å²) in [4.78, 5) is 22.1. The highest BCUT2D eigenvalue weighted by Crippen LogP contribution is 2.27. The summed E-state index contributed by atoms with van der Waals surface area (Å²) in [5.41, 5.74) is 2.69. The van der Waals surface area contributed by atoms with Crippen molar-refractivity contribution in [1.82, 2.24) is 29.4 Å². The summed E-state index contributed by atoms with van der Waals surface area (Å²) in [7, 11) is 0. The Balaban J connectivity index is 1.62. The first-order valence-corrected chi connectivity index (χ1v) is 10.0. The number of ether oxygens (including phenoxy) is 1. The fourth-order valence-corrected chi connectivity index (χ4v) is 3.83. The predicted molar refractivity (Wildman–Crippen MR) is 109 cm³/mol. The summed E-state index contributed by atoms with van der Waals surface area (Å²) < 4.78 is 8.10. The third kappa shape index (κ3) is 4.07. The van der Waals surface area contributed by atoms with Crippen molar-refractivity contribution in [2.75, 3.05) is 37.7 Å². The Morgan fingerprint density at radius 2 is 1.93 bits per heavy atom. The van der Waals surface area contributed by atoms with Gasteiger partial charge in [-0.1, -0.05) is 0 Å². The number of rotatable bonds is 7. The molecule has 3 aromatic rings. The molecule has 9 nitrogen and oxygen atoms in total. The van der Waals surface area contributed by atoms with E-state index in [9.17, 15) is 5.11 Å². The minimum absolute atomic E-state index is 0.0321. The van der Waals surface area contributed by atoms with Gasteiger partial charge >= 0.3 is 0 Å². The van der Waals surface area contributed by atoms with Crippen molar-refractivity contribution in [1.29, 1.82) is 0 Å². The van der Waals surface area contributed by atoms with E-state index >= 15 is 0 Å². The van der Waals surface area contributed by atoms with Crippen molar-refractivity contribution in [3.63, 3.8) is 0 Å². The van der Waals surface area contributed by atoms with Crippen LogP contribution in [0.25, 0.3) is 11.2 Å². The van der Waals surface area contributed by atoms with Gasteiger partial charge in [0.25, 0.3) is 0 Å². The van der Waals surface area contributed by atoms with E-state index in [0.717, 1.165) is 36.6 Å². The summed E-state index contributed by atoms with van der Waals surface area (Å²) >= 11 is 0. The van der Waals surface area contributed by atoms with Crippen LogP contribution in [-0.2, 0) is 11.3 Å². The second-order valence-electron chi connectivity index (χ2n) is 7.14. The molecule has 0 spiro atoms. The van der Waals surface area contributed by atoms with Crippen molar-refractivity contribution >= 4 is 17.0 Å². The Bertz CT molecular complexity index is 929. The Hall–Kier alpha value is -2.62. The topological polar surface area (TPSA) is 92.4 Å². The molecule has 9 heteroatoms. The molecule has 0 aromatic carbocycles. The highest BCUT2D eigenvalue weighted by atomic mass is 16.5. The van der Waals surface area contributed by atoms with E-state index in [2.05, 4.69) is 43.6 Å². The molecule has 0 unspecified atom stereocenters. The molecular formula is C20H27N7O2. The van der Waals surface area contributed by atoms with Gasteiger partial charge in [-0.25, -0.2) is 15.0 Å². The van der Waals surface area contributed by atoms with Crippen molar-refractivity contribution in [2.24, 2.45) is 0 Å². The van der Waals surface area contributed by atoms with Gasteiger partial charge in [-0.15, -0.1) is 0 Å². The Kier molecular flexibility index (Phi) is 5.98. The van der Waals surface area contributed by atoms with Crippen LogP contribution >= 0.6 is 0 Å². The Labute approximate surface area is 170 Å². The molecule has 0 radical (unpaired) electrons. The molecule has 2 atom stereocenters. The lowest BCUT2D eigenvalue weighted by molar-refractivity contribution is -0.135. The molecule has 0 amide bonds. The average molecular weight is 397 g/mol. The molecule has 1 aliphatic rings. The first kappa shape index (κ1) is 19.7. The summed E-state index contributed by atoms with van der Waals surface area (Å²) in [5.74, 6) is 0.835. The summed E-state index contributed by atoms with van der Waals surface area (Å²) in [5, 5.41) is 9.77. The van der Waals surface area contributed by atoms with Gasteiger partial charge in [0.1, 0.15) is 12.6 Å². The van der Waals surface area contributed by atoms with E-state index in [-0.39, 0.29) is 18.9 Å². The third-order valence-electron chi connectivity index (χ3n) is 5.30. The molecule has 0 aliphatic carbocycles. The summed E-state index contributed by atoms with van der Waals surface area (Å²) in [6, 6.07) is 4.02. The van der Waals surface area contributed by atoms with Gasteiger partial charge in [0.15, 0.2) is 17.0 Å². The summed E-state index contributed by atoms with van der Waals surface area (Å²) in [6.45, 7) is 7.98. The molecule has 1 saturated heterocycles. The van der Waals surface area contributed by atoms with Crippen LogP contribution in [-0.4, -0.2) is 73.4 Å². The fourth-order valence-electron chi connectivity index (χ4n) is 3.83. The number of aromatic nitrogens is 5. The first-order valence-electron chi connectivity index (χ1n) is 10.0. The number of imidazole rings is 1. The van der Waals surface area contributed by atoms with Gasteiger partial charge in [-0.3, -0.25) is 14.5 Å². The smallest absolute Gasteiger partial charge is 0.167 e. The van der Waals surface area contributed by atoms with Gasteiger partial charge in [-0.2, -0.15) is 0 Å². The predicted octanol–water partition coefficient (Wildman–Crippen LogP) is 1.46. The molecule has 0 saturated carbocycles. The molecule has 1 fully saturated rings. The average Bonchev–Trinajstić information content (AvgIpc) is 3.20. The van der Waals surface area contributed by atoms with Gasteiger partial charge < -0.3 is 14.7 Å². The summed E-state index contributed by atoms with van der Waals surface area (Å²) in [6.07, 6.45) is 6.39. The normalized spacial score (nSPS) is 20.2. The van der Waals surface area contributed by atoms with Crippen molar-refractivity contribution in [3.05, 3.63) is 42.7 Å². The standard InChI is InChI=1S/C20H27N7O2/c1-3-26(4-2)19-18-20(23-13-22-19)27(14-24-18)17-11-25(10-16(12-28)29-17)9-15-5-7-21-8-6-15/h5-8,13-14,16-17,28H,3-4,9-12H2,1-2H3/t16-,17+/m0/s1. The maximum atomic E-state index is 9.77. The number of hydrogen-bond acceptors (Lipinski definition) is 8. The maximum absolute atomic E-state index is 9.77. The van der Waals surface area contributed by atoms with Gasteiger partial charge in [0.2, 0.25) is 0 Å². The fraction of sp³-hybridized carbons (Fsp3) is 0.500. The van der Waals surface area contributed by atoms with Crippen LogP contribution in [0.4, 0.5) is 5.82 Å². The number of aliphatic hydroxyl groups is 1. The van der Waals surface area contributed by atoms with E-state index in [1.54, 1.807) is 25.0 Å². The number of morpholine rings is 1. The van der Waals surface area contributed by atoms with Crippen LogP contribution < -0.4 is 4.90 Å². The maximum Gasteiger partial charge on any atom is 0.167 e. The van der Waals surface area contributed by atoms with Crippen LogP contribution in [0, 0.1) is 0 Å². The Morgan fingerprint density at radius 1 is 1.14 bits per heavy atom. The number of nitrogens with zero attached hydrogens (tertiary/aromatic N) is 7. The largest absolute Gasteiger partial charge is 0.394 e. The molecule has 29 heavy (non-hydrogen) atoms. The quantitative estimate of drug-likeness (QED) is 0.641. The number of pyridine rings is 1. The number of hydrogen-bond donors (Lipinski definition) is 1. The zero-order valence-corrected chi connectivity index (χ0v) is 16.8. The Morgan fingerprint density at radius 3 is 2.66 bits per heavy atom. The van der Waals surface area contributed by atoms with Crippen molar-refractivity contribution < 1.29 is 9.84 Å². The highest BCUT2D eigenvalue weighted by molar-refractivity contribution is 5.83. The van der Waals surface area contributed by atoms with Gasteiger partial charge in [0, 0.05) is 45.1 Å². The molecule has 1 N–H and O–H groups in total. The molecule has 4 heterocycles. The zero-order valence-electron chi connectivity index (χ0n) is 16.8. The lowest BCUT2D eigenvalue weighted by atomic mass is 10.2. The molecule has 1 aliphatic heterocycles. The van der Waals surface area contributed by atoms with Crippen molar-refractivity contribution in [2.45, 2.75) is 32.7 Å². The lowest BCUT2D eigenvalue weighted by Gasteiger charge is -2.37.